The maximum atomic E-state index is 14.4. The van der Waals surface area contributed by atoms with Gasteiger partial charge in [-0.05, 0) is 99.2 Å². The number of benzene rings is 1. The van der Waals surface area contributed by atoms with Crippen LogP contribution in [0.2, 0.25) is 0 Å². The number of carbonyl (C=O) groups excluding carboxylic acids is 1. The number of nitrogens with zero attached hydrogens (tertiary/aromatic N) is 5. The molecule has 7 aliphatic carbocycles. The highest BCUT2D eigenvalue weighted by molar-refractivity contribution is 7.91. The van der Waals surface area contributed by atoms with E-state index in [-0.39, 0.29) is 28.1 Å². The van der Waals surface area contributed by atoms with E-state index in [0.29, 0.717) is 43.7 Å². The standard InChI is InChI=1S/C32H37FN6O4S/c1-44(41,42)38-28-34-15-23(16-35-28)22-3-2-4-24(13-22)39(25(40)14-30-17-32(33,18-30)19-30)20-29-7-10-31(11-8-29,12-9-29)27-36-26(37-43-27)21-5-6-21/h2-4,13,15-16,21H,5-12,14,17-20H2,1H3,(H,34,35,38). The van der Waals surface area contributed by atoms with Crippen LogP contribution in [0.25, 0.3) is 11.1 Å². The summed E-state index contributed by atoms with van der Waals surface area (Å²) in [5.41, 5.74) is 1.03. The number of amides is 1. The Morgan fingerprint density at radius 1 is 1.02 bits per heavy atom. The third-order valence-electron chi connectivity index (χ3n) is 11.1. The molecule has 1 N–H and O–H groups in total. The van der Waals surface area contributed by atoms with Crippen molar-refractivity contribution < 1.29 is 22.1 Å². The summed E-state index contributed by atoms with van der Waals surface area (Å²) in [5, 5.41) is 4.30. The van der Waals surface area contributed by atoms with E-state index < -0.39 is 15.7 Å². The highest BCUT2D eigenvalue weighted by Gasteiger charge is 2.69. The summed E-state index contributed by atoms with van der Waals surface area (Å²) in [6.07, 6.45) is 14.2. The number of halogens is 1. The summed E-state index contributed by atoms with van der Waals surface area (Å²) < 4.78 is 45.6. The van der Waals surface area contributed by atoms with E-state index in [2.05, 4.69) is 19.8 Å². The predicted molar refractivity (Wildman–Crippen MR) is 161 cm³/mol. The zero-order valence-electron chi connectivity index (χ0n) is 24.9. The molecule has 232 valence electrons. The van der Waals surface area contributed by atoms with Gasteiger partial charge < -0.3 is 9.42 Å². The highest BCUT2D eigenvalue weighted by atomic mass is 32.2. The minimum absolute atomic E-state index is 0.00228. The molecule has 10 rings (SSSR count). The quantitative estimate of drug-likeness (QED) is 0.306. The van der Waals surface area contributed by atoms with E-state index in [0.717, 1.165) is 80.6 Å². The second-order valence-corrected chi connectivity index (χ2v) is 16.3. The molecule has 7 fully saturated rings. The largest absolute Gasteiger partial charge is 0.339 e. The van der Waals surface area contributed by atoms with Crippen molar-refractivity contribution in [2.24, 2.45) is 10.8 Å². The van der Waals surface area contributed by atoms with Gasteiger partial charge in [-0.1, -0.05) is 17.3 Å². The molecule has 1 aromatic carbocycles. The smallest absolute Gasteiger partial charge is 0.236 e. The van der Waals surface area contributed by atoms with E-state index in [9.17, 15) is 17.6 Å². The van der Waals surface area contributed by atoms with Crippen LogP contribution in [0.4, 0.5) is 16.0 Å². The molecule has 7 saturated carbocycles. The Labute approximate surface area is 256 Å². The molecule has 4 bridgehead atoms. The number of anilines is 2. The van der Waals surface area contributed by atoms with Crippen molar-refractivity contribution in [2.45, 2.75) is 94.1 Å². The van der Waals surface area contributed by atoms with Crippen LogP contribution in [0, 0.1) is 10.8 Å². The van der Waals surface area contributed by atoms with E-state index in [1.807, 2.05) is 29.2 Å². The molecule has 0 unspecified atom stereocenters. The summed E-state index contributed by atoms with van der Waals surface area (Å²) >= 11 is 0. The lowest BCUT2D eigenvalue weighted by molar-refractivity contribution is -0.215. The van der Waals surface area contributed by atoms with E-state index >= 15 is 0 Å². The molecule has 0 spiro atoms. The van der Waals surface area contributed by atoms with Crippen molar-refractivity contribution in [1.29, 1.82) is 0 Å². The zero-order valence-corrected chi connectivity index (χ0v) is 25.7. The van der Waals surface area contributed by atoms with Gasteiger partial charge in [0, 0.05) is 47.9 Å². The average Bonchev–Trinajstić information content (AvgIpc) is 3.70. The Morgan fingerprint density at radius 3 is 2.32 bits per heavy atom. The lowest BCUT2D eigenvalue weighted by atomic mass is 9.41. The first-order valence-electron chi connectivity index (χ1n) is 15.7. The van der Waals surface area contributed by atoms with Crippen LogP contribution >= 0.6 is 0 Å². The third kappa shape index (κ3) is 4.98. The van der Waals surface area contributed by atoms with Crippen molar-refractivity contribution in [1.82, 2.24) is 20.1 Å². The Hall–Kier alpha value is -3.41. The Kier molecular flexibility index (Phi) is 6.09. The Balaban J connectivity index is 1.04. The van der Waals surface area contributed by atoms with Crippen LogP contribution in [0.1, 0.15) is 94.7 Å². The molecule has 0 atom stereocenters. The average molecular weight is 621 g/mol. The minimum atomic E-state index is -3.49. The first kappa shape index (κ1) is 28.1. The van der Waals surface area contributed by atoms with Crippen LogP contribution in [-0.2, 0) is 20.2 Å². The van der Waals surface area contributed by atoms with Gasteiger partial charge in [-0.15, -0.1) is 0 Å². The lowest BCUT2D eigenvalue weighted by Crippen LogP contribution is -2.65. The number of aromatic nitrogens is 4. The van der Waals surface area contributed by atoms with Gasteiger partial charge in [-0.3, -0.25) is 9.52 Å². The van der Waals surface area contributed by atoms with Gasteiger partial charge in [-0.25, -0.2) is 22.8 Å². The summed E-state index contributed by atoms with van der Waals surface area (Å²) in [5.74, 6) is 2.19. The van der Waals surface area contributed by atoms with Crippen LogP contribution < -0.4 is 9.62 Å². The molecule has 2 heterocycles. The van der Waals surface area contributed by atoms with Crippen molar-refractivity contribution in [3.05, 3.63) is 48.4 Å². The fourth-order valence-electron chi connectivity index (χ4n) is 8.45. The van der Waals surface area contributed by atoms with Gasteiger partial charge in [0.25, 0.3) is 0 Å². The van der Waals surface area contributed by atoms with Crippen LogP contribution in [0.15, 0.2) is 41.2 Å². The monoisotopic (exact) mass is 620 g/mol. The first-order valence-corrected chi connectivity index (χ1v) is 17.6. The van der Waals surface area contributed by atoms with Crippen molar-refractivity contribution in [3.63, 3.8) is 0 Å². The number of alkyl halides is 1. The third-order valence-corrected chi connectivity index (χ3v) is 11.6. The Bertz CT molecular complexity index is 1690. The predicted octanol–water partition coefficient (Wildman–Crippen LogP) is 5.68. The molecule has 44 heavy (non-hydrogen) atoms. The molecule has 10 nitrogen and oxygen atoms in total. The molecule has 12 heteroatoms. The molecule has 0 aliphatic heterocycles. The molecule has 0 saturated heterocycles. The second kappa shape index (κ2) is 9.55. The van der Waals surface area contributed by atoms with E-state index in [4.69, 9.17) is 9.51 Å². The number of hydrogen-bond donors (Lipinski definition) is 1. The SMILES string of the molecule is CS(=O)(=O)Nc1ncc(-c2cccc(N(CC34CCC(c5nc(C6CC6)no5)(CC3)CC4)C(=O)CC34CC(F)(C3)C4)c2)cn1. The van der Waals surface area contributed by atoms with E-state index in [1.54, 1.807) is 12.4 Å². The van der Waals surface area contributed by atoms with Gasteiger partial charge in [-0.2, -0.15) is 4.98 Å². The lowest BCUT2D eigenvalue weighted by Gasteiger charge is -2.66. The van der Waals surface area contributed by atoms with Crippen molar-refractivity contribution in [3.8, 4) is 11.1 Å². The van der Waals surface area contributed by atoms with Crippen molar-refractivity contribution in [2.75, 3.05) is 22.4 Å². The van der Waals surface area contributed by atoms with Gasteiger partial charge in [0.05, 0.1) is 6.26 Å². The second-order valence-electron chi connectivity index (χ2n) is 14.6. The van der Waals surface area contributed by atoms with Gasteiger partial charge in [0.15, 0.2) is 5.82 Å². The van der Waals surface area contributed by atoms with Gasteiger partial charge in [0.2, 0.25) is 27.8 Å². The molecule has 3 aromatic rings. The van der Waals surface area contributed by atoms with Crippen LogP contribution in [0.5, 0.6) is 0 Å². The maximum absolute atomic E-state index is 14.4. The number of carbonyl (C=O) groups is 1. The maximum Gasteiger partial charge on any atom is 0.236 e. The summed E-state index contributed by atoms with van der Waals surface area (Å²) in [6.45, 7) is 0.618. The molecular formula is C32H37FN6O4S. The van der Waals surface area contributed by atoms with Gasteiger partial charge >= 0.3 is 0 Å². The minimum Gasteiger partial charge on any atom is -0.339 e. The number of hydrogen-bond acceptors (Lipinski definition) is 8. The van der Waals surface area contributed by atoms with Crippen molar-refractivity contribution >= 4 is 27.6 Å². The number of nitrogens with one attached hydrogen (secondary N) is 1. The molecule has 7 aliphatic rings. The molecule has 0 radical (unpaired) electrons. The van der Waals surface area contributed by atoms with Crippen LogP contribution in [0.3, 0.4) is 0 Å². The number of rotatable bonds is 10. The number of sulfonamides is 1. The summed E-state index contributed by atoms with van der Waals surface area (Å²) in [7, 11) is -3.49. The van der Waals surface area contributed by atoms with Gasteiger partial charge in [0.1, 0.15) is 5.67 Å². The normalized spacial score (nSPS) is 32.0. The fraction of sp³-hybridized carbons (Fsp3) is 0.594. The highest BCUT2D eigenvalue weighted by Crippen LogP contribution is 2.71. The zero-order chi connectivity index (χ0) is 30.4. The van der Waals surface area contributed by atoms with Crippen LogP contribution in [-0.4, -0.2) is 52.9 Å². The van der Waals surface area contributed by atoms with E-state index in [1.165, 1.54) is 0 Å². The first-order chi connectivity index (χ1) is 20.9. The summed E-state index contributed by atoms with van der Waals surface area (Å²) in [6, 6.07) is 7.79. The fourth-order valence-corrected chi connectivity index (χ4v) is 8.89. The summed E-state index contributed by atoms with van der Waals surface area (Å²) in [4.78, 5) is 29.2. The topological polar surface area (TPSA) is 131 Å². The Morgan fingerprint density at radius 2 is 1.70 bits per heavy atom. The molecular weight excluding hydrogens is 583 g/mol. The molecule has 2 aromatic heterocycles. The number of fused-ring (bicyclic) bond motifs is 3. The molecule has 1 amide bonds.